The van der Waals surface area contributed by atoms with Crippen molar-refractivity contribution in [2.45, 2.75) is 24.9 Å². The number of hydrogen-bond acceptors (Lipinski definition) is 3. The van der Waals surface area contributed by atoms with E-state index in [0.717, 1.165) is 38.1 Å². The molecule has 4 rings (SSSR count). The Morgan fingerprint density at radius 1 is 1.04 bits per heavy atom. The number of methoxy groups -OCH3 is 1. The van der Waals surface area contributed by atoms with E-state index in [4.69, 9.17) is 4.74 Å². The van der Waals surface area contributed by atoms with Crippen molar-refractivity contribution in [3.8, 4) is 5.75 Å². The van der Waals surface area contributed by atoms with E-state index < -0.39 is 5.60 Å². The van der Waals surface area contributed by atoms with Gasteiger partial charge in [-0.15, -0.1) is 0 Å². The maximum absolute atomic E-state index is 11.1. The molecule has 3 heteroatoms. The minimum Gasteiger partial charge on any atom is -0.497 e. The van der Waals surface area contributed by atoms with Gasteiger partial charge in [0.2, 0.25) is 0 Å². The molecule has 1 aliphatic heterocycles. The Morgan fingerprint density at radius 3 is 2.42 bits per heavy atom. The molecular formula is C21H25NO2. The molecule has 24 heavy (non-hydrogen) atoms. The highest BCUT2D eigenvalue weighted by molar-refractivity contribution is 5.52. The van der Waals surface area contributed by atoms with E-state index in [9.17, 15) is 5.11 Å². The van der Waals surface area contributed by atoms with Crippen LogP contribution >= 0.6 is 0 Å². The fourth-order valence-corrected chi connectivity index (χ4v) is 4.60. The van der Waals surface area contributed by atoms with Crippen LogP contribution in [0.3, 0.4) is 0 Å². The Bertz CT molecular complexity index is 686. The van der Waals surface area contributed by atoms with E-state index >= 15 is 0 Å². The fourth-order valence-electron chi connectivity index (χ4n) is 4.60. The summed E-state index contributed by atoms with van der Waals surface area (Å²) in [6.45, 7) is 2.07. The lowest BCUT2D eigenvalue weighted by Gasteiger charge is -2.27. The van der Waals surface area contributed by atoms with E-state index in [2.05, 4.69) is 41.3 Å². The normalized spacial score (nSPS) is 28.8. The maximum atomic E-state index is 11.1. The van der Waals surface area contributed by atoms with E-state index in [1.807, 2.05) is 18.2 Å². The van der Waals surface area contributed by atoms with Crippen molar-refractivity contribution in [1.82, 2.24) is 0 Å². The predicted octanol–water partition coefficient (Wildman–Crippen LogP) is 3.52. The van der Waals surface area contributed by atoms with Crippen LogP contribution in [0.15, 0.2) is 54.6 Å². The molecule has 0 bridgehead atoms. The highest BCUT2D eigenvalue weighted by Crippen LogP contribution is 2.46. The molecule has 1 aliphatic carbocycles. The summed E-state index contributed by atoms with van der Waals surface area (Å²) in [6.07, 6.45) is 2.60. The van der Waals surface area contributed by atoms with Gasteiger partial charge in [-0.25, -0.2) is 0 Å². The second-order valence-electron chi connectivity index (χ2n) is 7.42. The topological polar surface area (TPSA) is 32.7 Å². The summed E-state index contributed by atoms with van der Waals surface area (Å²) in [5, 5.41) is 11.1. The largest absolute Gasteiger partial charge is 0.497 e. The summed E-state index contributed by atoms with van der Waals surface area (Å²) >= 11 is 0. The number of ether oxygens (including phenoxy) is 1. The van der Waals surface area contributed by atoms with Crippen molar-refractivity contribution in [2.24, 2.45) is 11.8 Å². The second kappa shape index (κ2) is 6.14. The Morgan fingerprint density at radius 2 is 1.75 bits per heavy atom. The molecule has 3 atom stereocenters. The van der Waals surface area contributed by atoms with Crippen molar-refractivity contribution in [1.29, 1.82) is 0 Å². The first kappa shape index (κ1) is 15.5. The van der Waals surface area contributed by atoms with Crippen LogP contribution < -0.4 is 9.64 Å². The highest BCUT2D eigenvalue weighted by atomic mass is 16.5. The first-order valence-corrected chi connectivity index (χ1v) is 8.80. The lowest BCUT2D eigenvalue weighted by atomic mass is 9.91. The maximum Gasteiger partial charge on any atom is 0.120 e. The third-order valence-electron chi connectivity index (χ3n) is 5.66. The first-order chi connectivity index (χ1) is 11.6. The second-order valence-corrected chi connectivity index (χ2v) is 7.42. The molecule has 126 valence electrons. The summed E-state index contributed by atoms with van der Waals surface area (Å²) in [5.41, 5.74) is 1.94. The number of anilines is 1. The third kappa shape index (κ3) is 3.01. The van der Waals surface area contributed by atoms with Gasteiger partial charge < -0.3 is 14.7 Å². The zero-order chi connectivity index (χ0) is 16.6. The van der Waals surface area contributed by atoms with Gasteiger partial charge in [-0.3, -0.25) is 0 Å². The molecule has 2 aliphatic rings. The van der Waals surface area contributed by atoms with Crippen molar-refractivity contribution in [3.05, 3.63) is 60.2 Å². The van der Waals surface area contributed by atoms with Crippen molar-refractivity contribution in [2.75, 3.05) is 25.1 Å². The van der Waals surface area contributed by atoms with Crippen molar-refractivity contribution in [3.63, 3.8) is 0 Å². The molecule has 0 amide bonds. The number of fused-ring (bicyclic) bond motifs is 1. The first-order valence-electron chi connectivity index (χ1n) is 8.80. The van der Waals surface area contributed by atoms with E-state index in [1.165, 1.54) is 11.3 Å². The van der Waals surface area contributed by atoms with Gasteiger partial charge in [0.1, 0.15) is 5.75 Å². The summed E-state index contributed by atoms with van der Waals surface area (Å²) in [5.74, 6) is 2.08. The van der Waals surface area contributed by atoms with Gasteiger partial charge in [-0.1, -0.05) is 36.4 Å². The van der Waals surface area contributed by atoms with Crippen LogP contribution in [-0.2, 0) is 6.42 Å². The summed E-state index contributed by atoms with van der Waals surface area (Å²) in [6, 6.07) is 18.7. The van der Waals surface area contributed by atoms with Gasteiger partial charge in [0.05, 0.1) is 12.7 Å². The smallest absolute Gasteiger partial charge is 0.120 e. The molecule has 2 fully saturated rings. The standard InChI is InChI=1S/C21H25NO2/c1-24-20-9-5-8-19(10-20)22-14-17-12-21(23,13-18(17)15-22)11-16-6-3-2-4-7-16/h2-10,17-18,23H,11-15H2,1H3/t17-,18+,21?. The fraction of sp³-hybridized carbons (Fsp3) is 0.429. The molecule has 0 spiro atoms. The van der Waals surface area contributed by atoms with Crippen LogP contribution in [-0.4, -0.2) is 30.9 Å². The van der Waals surface area contributed by atoms with Crippen molar-refractivity contribution >= 4 is 5.69 Å². The summed E-state index contributed by atoms with van der Waals surface area (Å²) in [7, 11) is 1.71. The molecule has 1 saturated heterocycles. The Hall–Kier alpha value is -2.00. The van der Waals surface area contributed by atoms with Crippen LogP contribution in [0.4, 0.5) is 5.69 Å². The zero-order valence-corrected chi connectivity index (χ0v) is 14.2. The SMILES string of the molecule is COc1cccc(N2C[C@@H]3CC(O)(Cc4ccccc4)C[C@@H]3C2)c1. The van der Waals surface area contributed by atoms with Crippen molar-refractivity contribution < 1.29 is 9.84 Å². The molecule has 0 aromatic heterocycles. The summed E-state index contributed by atoms with van der Waals surface area (Å²) < 4.78 is 5.34. The molecule has 1 unspecified atom stereocenters. The van der Waals surface area contributed by atoms with Gasteiger partial charge in [0, 0.05) is 31.3 Å². The van der Waals surface area contributed by atoms with Crippen LogP contribution in [0, 0.1) is 11.8 Å². The average Bonchev–Trinajstić information content (AvgIpc) is 3.10. The average molecular weight is 323 g/mol. The minimum atomic E-state index is -0.531. The third-order valence-corrected chi connectivity index (χ3v) is 5.66. The number of hydrogen-bond donors (Lipinski definition) is 1. The van der Waals surface area contributed by atoms with E-state index in [0.29, 0.717) is 11.8 Å². The summed E-state index contributed by atoms with van der Waals surface area (Å²) in [4.78, 5) is 2.44. The number of benzene rings is 2. The molecule has 2 aromatic carbocycles. The number of nitrogens with zero attached hydrogens (tertiary/aromatic N) is 1. The highest BCUT2D eigenvalue weighted by Gasteiger charge is 2.48. The Kier molecular flexibility index (Phi) is 3.97. The monoisotopic (exact) mass is 323 g/mol. The van der Waals surface area contributed by atoms with Gasteiger partial charge >= 0.3 is 0 Å². The molecule has 1 N–H and O–H groups in total. The molecule has 3 nitrogen and oxygen atoms in total. The van der Waals surface area contributed by atoms with E-state index in [1.54, 1.807) is 7.11 Å². The Balaban J connectivity index is 1.43. The number of rotatable bonds is 4. The molecule has 2 aromatic rings. The van der Waals surface area contributed by atoms with Gasteiger partial charge in [0.25, 0.3) is 0 Å². The number of aliphatic hydroxyl groups is 1. The minimum absolute atomic E-state index is 0.531. The zero-order valence-electron chi connectivity index (χ0n) is 14.2. The molecular weight excluding hydrogens is 298 g/mol. The quantitative estimate of drug-likeness (QED) is 0.934. The van der Waals surface area contributed by atoms with E-state index in [-0.39, 0.29) is 0 Å². The van der Waals surface area contributed by atoms with Gasteiger partial charge in [0.15, 0.2) is 0 Å². The van der Waals surface area contributed by atoms with Crippen LogP contribution in [0.5, 0.6) is 5.75 Å². The molecule has 1 heterocycles. The van der Waals surface area contributed by atoms with Gasteiger partial charge in [-0.2, -0.15) is 0 Å². The lowest BCUT2D eigenvalue weighted by molar-refractivity contribution is 0.0405. The lowest BCUT2D eigenvalue weighted by Crippen LogP contribution is -2.32. The van der Waals surface area contributed by atoms with Gasteiger partial charge in [-0.05, 0) is 42.4 Å². The van der Waals surface area contributed by atoms with Crippen LogP contribution in [0.25, 0.3) is 0 Å². The Labute approximate surface area is 143 Å². The molecule has 0 radical (unpaired) electrons. The molecule has 1 saturated carbocycles. The van der Waals surface area contributed by atoms with Crippen LogP contribution in [0.2, 0.25) is 0 Å². The van der Waals surface area contributed by atoms with Crippen LogP contribution in [0.1, 0.15) is 18.4 Å². The predicted molar refractivity (Wildman–Crippen MR) is 96.5 cm³/mol.